The van der Waals surface area contributed by atoms with Crippen LogP contribution in [0.3, 0.4) is 0 Å². The van der Waals surface area contributed by atoms with E-state index < -0.39 is 0 Å². The molecule has 2 N–H and O–H groups in total. The summed E-state index contributed by atoms with van der Waals surface area (Å²) in [5, 5.41) is 6.26. The van der Waals surface area contributed by atoms with Crippen LogP contribution in [0.25, 0.3) is 5.65 Å². The van der Waals surface area contributed by atoms with Gasteiger partial charge in [0.25, 0.3) is 5.91 Å². The number of rotatable bonds is 5. The Bertz CT molecular complexity index is 1140. The number of ether oxygens (including phenoxy) is 1. The van der Waals surface area contributed by atoms with Gasteiger partial charge in [-0.2, -0.15) is 4.98 Å². The summed E-state index contributed by atoms with van der Waals surface area (Å²) >= 11 is 0. The van der Waals surface area contributed by atoms with Crippen LogP contribution in [0.2, 0.25) is 0 Å². The lowest BCUT2D eigenvalue weighted by molar-refractivity contribution is 0.102. The first kappa shape index (κ1) is 19.7. The average molecular weight is 422 g/mol. The van der Waals surface area contributed by atoms with Gasteiger partial charge < -0.3 is 24.7 Å². The van der Waals surface area contributed by atoms with Crippen molar-refractivity contribution >= 4 is 23.3 Å². The molecular formula is C21H26N8O2. The third kappa shape index (κ3) is 3.56. The highest BCUT2D eigenvalue weighted by molar-refractivity contribution is 6.05. The van der Waals surface area contributed by atoms with E-state index >= 15 is 0 Å². The number of amides is 1. The van der Waals surface area contributed by atoms with E-state index in [-0.39, 0.29) is 17.4 Å². The molecular weight excluding hydrogens is 396 g/mol. The first-order chi connectivity index (χ1) is 15.0. The van der Waals surface area contributed by atoms with Crippen LogP contribution in [0.4, 0.5) is 11.8 Å². The molecule has 2 unspecified atom stereocenters. The third-order valence-electron chi connectivity index (χ3n) is 5.91. The second-order valence-electron chi connectivity index (χ2n) is 8.07. The van der Waals surface area contributed by atoms with E-state index in [0.717, 1.165) is 36.7 Å². The van der Waals surface area contributed by atoms with Crippen LogP contribution in [0.5, 0.6) is 5.88 Å². The summed E-state index contributed by atoms with van der Waals surface area (Å²) in [5.41, 5.74) is 2.67. The van der Waals surface area contributed by atoms with Gasteiger partial charge in [-0.15, -0.1) is 0 Å². The van der Waals surface area contributed by atoms with Crippen molar-refractivity contribution in [2.75, 3.05) is 36.5 Å². The van der Waals surface area contributed by atoms with Crippen molar-refractivity contribution in [1.29, 1.82) is 0 Å². The van der Waals surface area contributed by atoms with Crippen LogP contribution in [-0.4, -0.2) is 62.5 Å². The van der Waals surface area contributed by atoms with E-state index in [0.29, 0.717) is 30.3 Å². The number of carbonyl (C=O) groups excluding carboxylic acids is 1. The molecule has 2 aliphatic rings. The molecule has 0 bridgehead atoms. The van der Waals surface area contributed by atoms with E-state index in [1.54, 1.807) is 12.4 Å². The molecule has 0 aromatic carbocycles. The molecule has 10 heteroatoms. The molecule has 162 valence electrons. The summed E-state index contributed by atoms with van der Waals surface area (Å²) in [6.07, 6.45) is 6.35. The van der Waals surface area contributed by atoms with Gasteiger partial charge in [-0.25, -0.2) is 15.0 Å². The molecule has 31 heavy (non-hydrogen) atoms. The number of carbonyl (C=O) groups is 1. The van der Waals surface area contributed by atoms with Crippen molar-refractivity contribution in [2.45, 2.75) is 33.2 Å². The zero-order chi connectivity index (χ0) is 21.5. The fraction of sp³-hybridized carbons (Fsp3) is 0.476. The molecule has 3 aromatic rings. The van der Waals surface area contributed by atoms with Crippen molar-refractivity contribution in [2.24, 2.45) is 5.92 Å². The highest BCUT2D eigenvalue weighted by Crippen LogP contribution is 2.33. The van der Waals surface area contributed by atoms with Crippen molar-refractivity contribution in [3.63, 3.8) is 0 Å². The maximum Gasteiger partial charge on any atom is 0.263 e. The van der Waals surface area contributed by atoms with Crippen LogP contribution in [0.1, 0.15) is 35.1 Å². The molecule has 1 amide bonds. The number of imidazole rings is 1. The molecule has 2 fully saturated rings. The molecule has 2 atom stereocenters. The normalized spacial score (nSPS) is 20.3. The molecule has 5 rings (SSSR count). The predicted molar refractivity (Wildman–Crippen MR) is 116 cm³/mol. The topological polar surface area (TPSA) is 110 Å². The third-order valence-corrected chi connectivity index (χ3v) is 5.91. The van der Waals surface area contributed by atoms with Gasteiger partial charge in [-0.1, -0.05) is 0 Å². The van der Waals surface area contributed by atoms with Crippen LogP contribution in [-0.2, 0) is 0 Å². The van der Waals surface area contributed by atoms with Crippen LogP contribution < -0.4 is 20.3 Å². The molecule has 0 saturated carbocycles. The van der Waals surface area contributed by atoms with Crippen molar-refractivity contribution in [3.8, 4) is 5.88 Å². The first-order valence-corrected chi connectivity index (χ1v) is 10.6. The second-order valence-corrected chi connectivity index (χ2v) is 8.07. The smallest absolute Gasteiger partial charge is 0.263 e. The average Bonchev–Trinajstić information content (AvgIpc) is 3.10. The molecule has 3 aromatic heterocycles. The Labute approximate surface area is 180 Å². The van der Waals surface area contributed by atoms with Gasteiger partial charge >= 0.3 is 0 Å². The molecule has 0 spiro atoms. The summed E-state index contributed by atoms with van der Waals surface area (Å²) in [7, 11) is 0. The Morgan fingerprint density at radius 3 is 2.97 bits per heavy atom. The Morgan fingerprint density at radius 1 is 1.29 bits per heavy atom. The van der Waals surface area contributed by atoms with Crippen LogP contribution in [0, 0.1) is 19.8 Å². The van der Waals surface area contributed by atoms with Gasteiger partial charge in [0.15, 0.2) is 5.65 Å². The SMILES string of the molecule is CCOc1nc(N2CC3CCNCC32)ncc1C(=O)Nc1cn2cc(C)nc2c(C)n1. The number of anilines is 2. The standard InChI is InChI=1S/C21H26N8O2/c1-4-31-20-15(7-23-21(27-20)29-10-14-5-6-22-8-16(14)29)19(30)26-17-11-28-9-12(2)24-18(28)13(3)25-17/h7,9,11,14,16,22H,4-6,8,10H2,1-3H3,(H,26,30). The lowest BCUT2D eigenvalue weighted by Gasteiger charge is -2.50. The molecule has 5 heterocycles. The summed E-state index contributed by atoms with van der Waals surface area (Å²) < 4.78 is 7.55. The first-order valence-electron chi connectivity index (χ1n) is 10.6. The van der Waals surface area contributed by atoms with Gasteiger partial charge in [-0.05, 0) is 39.7 Å². The number of hydrogen-bond donors (Lipinski definition) is 2. The second kappa shape index (κ2) is 7.77. The zero-order valence-corrected chi connectivity index (χ0v) is 17.9. The molecule has 0 aliphatic carbocycles. The number of fused-ring (bicyclic) bond motifs is 2. The van der Waals surface area contributed by atoms with Gasteiger partial charge in [0, 0.05) is 31.5 Å². The minimum atomic E-state index is -0.362. The predicted octanol–water partition coefficient (Wildman–Crippen LogP) is 1.59. The van der Waals surface area contributed by atoms with Gasteiger partial charge in [-0.3, -0.25) is 4.79 Å². The maximum absolute atomic E-state index is 13.0. The number of aryl methyl sites for hydroxylation is 2. The highest BCUT2D eigenvalue weighted by Gasteiger charge is 2.41. The number of nitrogens with one attached hydrogen (secondary N) is 2. The minimum Gasteiger partial charge on any atom is -0.477 e. The van der Waals surface area contributed by atoms with Crippen LogP contribution in [0.15, 0.2) is 18.6 Å². The van der Waals surface area contributed by atoms with Gasteiger partial charge in [0.1, 0.15) is 11.4 Å². The van der Waals surface area contributed by atoms with Crippen molar-refractivity contribution in [1.82, 2.24) is 29.7 Å². The Morgan fingerprint density at radius 2 is 2.16 bits per heavy atom. The summed E-state index contributed by atoms with van der Waals surface area (Å²) in [6.45, 7) is 9.00. The highest BCUT2D eigenvalue weighted by atomic mass is 16.5. The molecule has 10 nitrogen and oxygen atoms in total. The maximum atomic E-state index is 13.0. The molecule has 0 radical (unpaired) electrons. The fourth-order valence-electron chi connectivity index (χ4n) is 4.37. The number of hydrogen-bond acceptors (Lipinski definition) is 8. The quantitative estimate of drug-likeness (QED) is 0.638. The minimum absolute atomic E-state index is 0.283. The van der Waals surface area contributed by atoms with E-state index in [4.69, 9.17) is 4.74 Å². The van der Waals surface area contributed by atoms with E-state index in [9.17, 15) is 4.79 Å². The van der Waals surface area contributed by atoms with Gasteiger partial charge in [0.05, 0.1) is 24.2 Å². The monoisotopic (exact) mass is 422 g/mol. The van der Waals surface area contributed by atoms with E-state index in [1.165, 1.54) is 6.42 Å². The lowest BCUT2D eigenvalue weighted by Crippen LogP contribution is -2.64. The van der Waals surface area contributed by atoms with E-state index in [1.807, 2.05) is 31.4 Å². The summed E-state index contributed by atoms with van der Waals surface area (Å²) in [5.74, 6) is 1.64. The molecule has 2 saturated heterocycles. The van der Waals surface area contributed by atoms with Crippen molar-refractivity contribution in [3.05, 3.63) is 35.5 Å². The Kier molecular flexibility index (Phi) is 4.93. The number of nitrogens with zero attached hydrogens (tertiary/aromatic N) is 6. The Hall–Kier alpha value is -3.27. The summed E-state index contributed by atoms with van der Waals surface area (Å²) in [6, 6.07) is 0.403. The lowest BCUT2D eigenvalue weighted by atomic mass is 9.83. The zero-order valence-electron chi connectivity index (χ0n) is 17.9. The number of aromatic nitrogens is 5. The van der Waals surface area contributed by atoms with Crippen molar-refractivity contribution < 1.29 is 9.53 Å². The fourth-order valence-corrected chi connectivity index (χ4v) is 4.37. The largest absolute Gasteiger partial charge is 0.477 e. The van der Waals surface area contributed by atoms with E-state index in [2.05, 4.69) is 35.5 Å². The van der Waals surface area contributed by atoms with Gasteiger partial charge in [0.2, 0.25) is 11.8 Å². The van der Waals surface area contributed by atoms with Crippen LogP contribution >= 0.6 is 0 Å². The molecule has 2 aliphatic heterocycles. The number of piperidine rings is 1. The summed E-state index contributed by atoms with van der Waals surface area (Å²) in [4.78, 5) is 33.1. The Balaban J connectivity index is 1.39.